The monoisotopic (exact) mass is 226 g/mol. The van der Waals surface area contributed by atoms with E-state index in [-0.39, 0.29) is 0 Å². The number of piperazine rings is 1. The van der Waals surface area contributed by atoms with Gasteiger partial charge < -0.3 is 5.32 Å². The van der Waals surface area contributed by atoms with Crippen molar-refractivity contribution >= 4 is 0 Å². The normalized spacial score (nSPS) is 30.8. The second-order valence-electron chi connectivity index (χ2n) is 6.86. The van der Waals surface area contributed by atoms with Gasteiger partial charge >= 0.3 is 0 Å². The van der Waals surface area contributed by atoms with Gasteiger partial charge in [-0.05, 0) is 25.2 Å². The quantitative estimate of drug-likeness (QED) is 0.779. The Labute approximate surface area is 102 Å². The second-order valence-corrected chi connectivity index (χ2v) is 6.86. The molecule has 96 valence electrons. The fourth-order valence-electron chi connectivity index (χ4n) is 2.52. The van der Waals surface area contributed by atoms with Crippen LogP contribution in [0.1, 0.15) is 48.5 Å². The summed E-state index contributed by atoms with van der Waals surface area (Å²) in [6.45, 7) is 18.7. The highest BCUT2D eigenvalue weighted by Gasteiger charge is 2.35. The molecule has 2 nitrogen and oxygen atoms in total. The van der Waals surface area contributed by atoms with E-state index in [1.54, 1.807) is 0 Å². The topological polar surface area (TPSA) is 15.3 Å². The lowest BCUT2D eigenvalue weighted by Gasteiger charge is -2.48. The molecule has 1 aliphatic heterocycles. The van der Waals surface area contributed by atoms with Gasteiger partial charge in [0.2, 0.25) is 0 Å². The van der Waals surface area contributed by atoms with Crippen LogP contribution in [0.5, 0.6) is 0 Å². The third-order valence-electron chi connectivity index (χ3n) is 4.11. The summed E-state index contributed by atoms with van der Waals surface area (Å²) < 4.78 is 0. The summed E-state index contributed by atoms with van der Waals surface area (Å²) >= 11 is 0. The molecule has 0 spiro atoms. The van der Waals surface area contributed by atoms with E-state index in [4.69, 9.17) is 0 Å². The van der Waals surface area contributed by atoms with Crippen LogP contribution in [0.25, 0.3) is 0 Å². The van der Waals surface area contributed by atoms with Gasteiger partial charge in [0.1, 0.15) is 0 Å². The van der Waals surface area contributed by atoms with Crippen LogP contribution in [0, 0.1) is 11.3 Å². The average molecular weight is 226 g/mol. The molecule has 0 amide bonds. The molecule has 1 rings (SSSR count). The summed E-state index contributed by atoms with van der Waals surface area (Å²) in [6, 6.07) is 1.95. The van der Waals surface area contributed by atoms with Crippen molar-refractivity contribution in [2.75, 3.05) is 13.1 Å². The van der Waals surface area contributed by atoms with Gasteiger partial charge in [0.15, 0.2) is 0 Å². The van der Waals surface area contributed by atoms with E-state index < -0.39 is 0 Å². The molecule has 3 unspecified atom stereocenters. The maximum atomic E-state index is 3.61. The van der Waals surface area contributed by atoms with Gasteiger partial charge in [0.05, 0.1) is 0 Å². The van der Waals surface area contributed by atoms with Crippen molar-refractivity contribution in [2.24, 2.45) is 11.3 Å². The minimum Gasteiger partial charge on any atom is -0.311 e. The molecule has 0 aromatic rings. The average Bonchev–Trinajstić information content (AvgIpc) is 2.14. The van der Waals surface area contributed by atoms with Crippen LogP contribution in [-0.4, -0.2) is 36.1 Å². The van der Waals surface area contributed by atoms with Gasteiger partial charge in [-0.3, -0.25) is 4.90 Å². The fourth-order valence-corrected chi connectivity index (χ4v) is 2.52. The number of nitrogens with one attached hydrogen (secondary N) is 1. The van der Waals surface area contributed by atoms with Crippen LogP contribution in [0.15, 0.2) is 0 Å². The van der Waals surface area contributed by atoms with E-state index in [0.717, 1.165) is 12.5 Å². The van der Waals surface area contributed by atoms with E-state index in [1.165, 1.54) is 6.54 Å². The van der Waals surface area contributed by atoms with E-state index in [0.29, 0.717) is 23.5 Å². The van der Waals surface area contributed by atoms with Crippen molar-refractivity contribution in [3.8, 4) is 0 Å². The van der Waals surface area contributed by atoms with Crippen molar-refractivity contribution in [2.45, 2.75) is 66.6 Å². The lowest BCUT2D eigenvalue weighted by molar-refractivity contribution is 0.0192. The molecule has 2 heteroatoms. The van der Waals surface area contributed by atoms with Crippen LogP contribution >= 0.6 is 0 Å². The maximum Gasteiger partial charge on any atom is 0.0247 e. The highest BCUT2D eigenvalue weighted by Crippen LogP contribution is 2.28. The fraction of sp³-hybridized carbons (Fsp3) is 1.00. The van der Waals surface area contributed by atoms with Crippen LogP contribution < -0.4 is 5.32 Å². The van der Waals surface area contributed by atoms with Gasteiger partial charge in [-0.2, -0.15) is 0 Å². The summed E-state index contributed by atoms with van der Waals surface area (Å²) in [7, 11) is 0. The number of rotatable bonds is 2. The minimum atomic E-state index is 0.365. The zero-order valence-electron chi connectivity index (χ0n) is 12.2. The van der Waals surface area contributed by atoms with E-state index >= 15 is 0 Å². The molecular formula is C14H30N2. The second kappa shape index (κ2) is 5.05. The van der Waals surface area contributed by atoms with Crippen molar-refractivity contribution in [3.63, 3.8) is 0 Å². The first-order chi connectivity index (χ1) is 7.23. The van der Waals surface area contributed by atoms with Crippen molar-refractivity contribution in [1.82, 2.24) is 10.2 Å². The van der Waals surface area contributed by atoms with Gasteiger partial charge in [-0.25, -0.2) is 0 Å². The van der Waals surface area contributed by atoms with Gasteiger partial charge in [0, 0.05) is 31.2 Å². The van der Waals surface area contributed by atoms with Gasteiger partial charge in [-0.15, -0.1) is 0 Å². The summed E-state index contributed by atoms with van der Waals surface area (Å²) in [6.07, 6.45) is 0. The summed E-state index contributed by atoms with van der Waals surface area (Å²) in [5.74, 6) is 0.727. The lowest BCUT2D eigenvalue weighted by atomic mass is 9.84. The van der Waals surface area contributed by atoms with Crippen LogP contribution in [0.3, 0.4) is 0 Å². The minimum absolute atomic E-state index is 0.365. The van der Waals surface area contributed by atoms with E-state index in [1.807, 2.05) is 0 Å². The van der Waals surface area contributed by atoms with Gasteiger partial charge in [-0.1, -0.05) is 34.6 Å². The Kier molecular flexibility index (Phi) is 4.42. The molecular weight excluding hydrogens is 196 g/mol. The third-order valence-corrected chi connectivity index (χ3v) is 4.11. The number of hydrogen-bond acceptors (Lipinski definition) is 2. The van der Waals surface area contributed by atoms with Crippen molar-refractivity contribution in [1.29, 1.82) is 0 Å². The predicted molar refractivity (Wildman–Crippen MR) is 71.7 cm³/mol. The molecule has 16 heavy (non-hydrogen) atoms. The van der Waals surface area contributed by atoms with Gasteiger partial charge in [0.25, 0.3) is 0 Å². The van der Waals surface area contributed by atoms with E-state index in [2.05, 4.69) is 58.7 Å². The molecule has 0 saturated carbocycles. The molecule has 3 atom stereocenters. The molecule has 0 aromatic heterocycles. The lowest BCUT2D eigenvalue weighted by Crippen LogP contribution is -2.61. The summed E-state index contributed by atoms with van der Waals surface area (Å²) in [5, 5.41) is 3.61. The SMILES string of the molecule is CC1CN(C(C)C(C)(C)C)C(C(C)C)CN1. The van der Waals surface area contributed by atoms with Crippen molar-refractivity contribution in [3.05, 3.63) is 0 Å². The van der Waals surface area contributed by atoms with Crippen LogP contribution in [0.2, 0.25) is 0 Å². The zero-order valence-corrected chi connectivity index (χ0v) is 12.2. The van der Waals surface area contributed by atoms with E-state index in [9.17, 15) is 0 Å². The Balaban J connectivity index is 2.79. The molecule has 0 bridgehead atoms. The zero-order chi connectivity index (χ0) is 12.5. The number of nitrogens with zero attached hydrogens (tertiary/aromatic N) is 1. The molecule has 1 saturated heterocycles. The Morgan fingerprint density at radius 1 is 1.19 bits per heavy atom. The number of hydrogen-bond donors (Lipinski definition) is 1. The Hall–Kier alpha value is -0.0800. The van der Waals surface area contributed by atoms with Crippen molar-refractivity contribution < 1.29 is 0 Å². The largest absolute Gasteiger partial charge is 0.311 e. The van der Waals surface area contributed by atoms with Crippen LogP contribution in [0.4, 0.5) is 0 Å². The highest BCUT2D eigenvalue weighted by atomic mass is 15.3. The summed E-state index contributed by atoms with van der Waals surface area (Å²) in [5.41, 5.74) is 0.365. The smallest absolute Gasteiger partial charge is 0.0247 e. The molecule has 0 radical (unpaired) electrons. The Morgan fingerprint density at radius 2 is 1.75 bits per heavy atom. The Bertz CT molecular complexity index is 215. The Morgan fingerprint density at radius 3 is 2.19 bits per heavy atom. The molecule has 0 aliphatic carbocycles. The molecule has 1 fully saturated rings. The third kappa shape index (κ3) is 3.21. The maximum absolute atomic E-state index is 3.61. The first kappa shape index (κ1) is 14.0. The molecule has 1 heterocycles. The predicted octanol–water partition coefficient (Wildman–Crippen LogP) is 2.74. The summed E-state index contributed by atoms with van der Waals surface area (Å²) in [4.78, 5) is 2.71. The first-order valence-electron chi connectivity index (χ1n) is 6.72. The molecule has 1 aliphatic rings. The standard InChI is InChI=1S/C14H30N2/c1-10(2)13-8-15-11(3)9-16(13)12(4)14(5,6)7/h10-13,15H,8-9H2,1-7H3. The molecule has 1 N–H and O–H groups in total. The molecule has 0 aromatic carbocycles. The highest BCUT2D eigenvalue weighted by molar-refractivity contribution is 4.92. The first-order valence-corrected chi connectivity index (χ1v) is 6.72. The van der Waals surface area contributed by atoms with Crippen LogP contribution in [-0.2, 0) is 0 Å².